The van der Waals surface area contributed by atoms with Crippen molar-refractivity contribution < 1.29 is 19.2 Å². The molecule has 10 nitrogen and oxygen atoms in total. The molecule has 3 heterocycles. The molecule has 2 amide bonds. The van der Waals surface area contributed by atoms with E-state index in [1.165, 1.54) is 6.20 Å². The molecule has 0 saturated carbocycles. The Balaban J connectivity index is 1.26. The van der Waals surface area contributed by atoms with Crippen LogP contribution in [0, 0.1) is 22.5 Å². The summed E-state index contributed by atoms with van der Waals surface area (Å²) in [4.78, 5) is 43.7. The molecule has 1 aromatic carbocycles. The van der Waals surface area contributed by atoms with Crippen LogP contribution in [0.5, 0.6) is 5.75 Å². The second kappa shape index (κ2) is 10.9. The number of nitro groups is 1. The molecule has 0 aliphatic carbocycles. The van der Waals surface area contributed by atoms with Crippen molar-refractivity contribution in [2.24, 2.45) is 5.41 Å². The highest BCUT2D eigenvalue weighted by molar-refractivity contribution is 5.92. The van der Waals surface area contributed by atoms with E-state index in [4.69, 9.17) is 4.74 Å². The number of hydrogen-bond donors (Lipinski definition) is 0. The zero-order chi connectivity index (χ0) is 25.7. The van der Waals surface area contributed by atoms with Crippen LogP contribution in [0.15, 0.2) is 36.5 Å². The number of aromatic nitrogens is 2. The van der Waals surface area contributed by atoms with Gasteiger partial charge in [0.1, 0.15) is 11.9 Å². The lowest BCUT2D eigenvalue weighted by molar-refractivity contribution is -0.389. The first-order valence-corrected chi connectivity index (χ1v) is 12.4. The molecule has 2 fully saturated rings. The van der Waals surface area contributed by atoms with E-state index >= 15 is 0 Å². The van der Waals surface area contributed by atoms with Crippen molar-refractivity contribution in [2.75, 3.05) is 32.8 Å². The number of nitrogens with zero attached hydrogens (tertiary/aromatic N) is 5. The van der Waals surface area contributed by atoms with Crippen LogP contribution in [0.3, 0.4) is 0 Å². The van der Waals surface area contributed by atoms with Gasteiger partial charge in [-0.3, -0.25) is 9.59 Å². The third-order valence-electron chi connectivity index (χ3n) is 7.27. The molecule has 2 aliphatic rings. The van der Waals surface area contributed by atoms with E-state index in [1.54, 1.807) is 17.6 Å². The monoisotopic (exact) mass is 495 g/mol. The van der Waals surface area contributed by atoms with E-state index in [0.29, 0.717) is 45.2 Å². The second-order valence-electron chi connectivity index (χ2n) is 9.54. The minimum atomic E-state index is -0.526. The summed E-state index contributed by atoms with van der Waals surface area (Å²) in [6.07, 6.45) is 7.77. The number of rotatable bonds is 8. The Morgan fingerprint density at radius 2 is 1.86 bits per heavy atom. The largest absolute Gasteiger partial charge is 0.493 e. The highest BCUT2D eigenvalue weighted by Crippen LogP contribution is 2.40. The van der Waals surface area contributed by atoms with Crippen molar-refractivity contribution in [1.82, 2.24) is 19.4 Å². The van der Waals surface area contributed by atoms with Crippen LogP contribution in [0.2, 0.25) is 0 Å². The lowest BCUT2D eigenvalue weighted by Gasteiger charge is -2.39. The fourth-order valence-electron chi connectivity index (χ4n) is 5.11. The summed E-state index contributed by atoms with van der Waals surface area (Å²) in [5.74, 6) is 1.14. The lowest BCUT2D eigenvalue weighted by Crippen LogP contribution is -2.44. The van der Waals surface area contributed by atoms with Gasteiger partial charge in [0, 0.05) is 57.7 Å². The number of carbonyl (C=O) groups is 2. The molecule has 0 bridgehead atoms. The number of hydrogen-bond acceptors (Lipinski definition) is 6. The fourth-order valence-corrected chi connectivity index (χ4v) is 5.11. The number of benzene rings is 1. The maximum absolute atomic E-state index is 12.8. The quantitative estimate of drug-likeness (QED) is 0.315. The molecule has 1 spiro atoms. The van der Waals surface area contributed by atoms with Crippen LogP contribution in [-0.4, -0.2) is 68.9 Å². The number of imidazole rings is 1. The molecule has 36 heavy (non-hydrogen) atoms. The number of aryl methyl sites for hydroxylation is 2. The van der Waals surface area contributed by atoms with Gasteiger partial charge in [-0.1, -0.05) is 18.2 Å². The van der Waals surface area contributed by atoms with Crippen LogP contribution in [-0.2, 0) is 16.1 Å². The second-order valence-corrected chi connectivity index (χ2v) is 9.54. The average Bonchev–Trinajstić information content (AvgIpc) is 3.46. The number of piperidine rings is 1. The zero-order valence-corrected chi connectivity index (χ0v) is 20.9. The molecule has 1 aromatic heterocycles. The minimum absolute atomic E-state index is 0.00752. The standard InChI is InChI=1S/C26H33N5O5/c1-3-36-22-7-5-4-6-21(22)8-9-24(32)28-15-11-26(12-16-28)13-17-30(19-26)25(33)10-14-29-18-23(31(34)35)27-20(29)2/h4-9,18H,3,10-17,19H2,1-2H3. The number of ether oxygens (including phenoxy) is 1. The van der Waals surface area contributed by atoms with Gasteiger partial charge in [0.25, 0.3) is 0 Å². The van der Waals surface area contributed by atoms with Crippen molar-refractivity contribution in [3.63, 3.8) is 0 Å². The third kappa shape index (κ3) is 5.75. The third-order valence-corrected chi connectivity index (χ3v) is 7.27. The topological polar surface area (TPSA) is 111 Å². The molecular weight excluding hydrogens is 462 g/mol. The Morgan fingerprint density at radius 1 is 1.17 bits per heavy atom. The molecule has 0 atom stereocenters. The van der Waals surface area contributed by atoms with Crippen LogP contribution in [0.1, 0.15) is 44.0 Å². The minimum Gasteiger partial charge on any atom is -0.493 e. The number of likely N-dealkylation sites (tertiary alicyclic amines) is 2. The summed E-state index contributed by atoms with van der Waals surface area (Å²) in [6, 6.07) is 7.66. The van der Waals surface area contributed by atoms with Gasteiger partial charge in [0.15, 0.2) is 0 Å². The normalized spacial score (nSPS) is 17.2. The van der Waals surface area contributed by atoms with Gasteiger partial charge >= 0.3 is 5.82 Å². The Bertz CT molecular complexity index is 1150. The van der Waals surface area contributed by atoms with Gasteiger partial charge in [-0.15, -0.1) is 0 Å². The summed E-state index contributed by atoms with van der Waals surface area (Å²) >= 11 is 0. The molecular formula is C26H33N5O5. The molecule has 0 unspecified atom stereocenters. The van der Waals surface area contributed by atoms with Gasteiger partial charge in [-0.2, -0.15) is 0 Å². The van der Waals surface area contributed by atoms with E-state index < -0.39 is 4.92 Å². The summed E-state index contributed by atoms with van der Waals surface area (Å²) in [5, 5.41) is 10.9. The molecule has 192 valence electrons. The van der Waals surface area contributed by atoms with Crippen LogP contribution >= 0.6 is 0 Å². The first kappa shape index (κ1) is 25.4. The summed E-state index contributed by atoms with van der Waals surface area (Å²) < 4.78 is 7.29. The average molecular weight is 496 g/mol. The van der Waals surface area contributed by atoms with E-state index in [2.05, 4.69) is 4.98 Å². The number of para-hydroxylation sites is 1. The maximum atomic E-state index is 12.8. The first-order valence-electron chi connectivity index (χ1n) is 12.4. The van der Waals surface area contributed by atoms with Crippen molar-refractivity contribution in [1.29, 1.82) is 0 Å². The molecule has 0 radical (unpaired) electrons. The SMILES string of the molecule is CCOc1ccccc1C=CC(=O)N1CCC2(CC1)CCN(C(=O)CCn1cc([N+](=O)[O-])nc1C)C2. The van der Waals surface area contributed by atoms with Crippen LogP contribution in [0.4, 0.5) is 5.82 Å². The Kier molecular flexibility index (Phi) is 7.71. The van der Waals surface area contributed by atoms with E-state index in [-0.39, 0.29) is 29.5 Å². The molecule has 2 saturated heterocycles. The zero-order valence-electron chi connectivity index (χ0n) is 20.9. The lowest BCUT2D eigenvalue weighted by atomic mass is 9.78. The Hall–Kier alpha value is -3.69. The summed E-state index contributed by atoms with van der Waals surface area (Å²) in [7, 11) is 0. The summed E-state index contributed by atoms with van der Waals surface area (Å²) in [6.45, 7) is 7.34. The van der Waals surface area contributed by atoms with Gasteiger partial charge in [-0.05, 0) is 53.7 Å². The van der Waals surface area contributed by atoms with Crippen molar-refractivity contribution in [2.45, 2.75) is 46.1 Å². The predicted molar refractivity (Wildman–Crippen MR) is 134 cm³/mol. The first-order chi connectivity index (χ1) is 17.3. The van der Waals surface area contributed by atoms with E-state index in [9.17, 15) is 19.7 Å². The smallest absolute Gasteiger partial charge is 0.381 e. The molecule has 2 aliphatic heterocycles. The molecule has 10 heteroatoms. The van der Waals surface area contributed by atoms with E-state index in [1.807, 2.05) is 47.1 Å². The van der Waals surface area contributed by atoms with Gasteiger partial charge in [-0.25, -0.2) is 0 Å². The highest BCUT2D eigenvalue weighted by atomic mass is 16.6. The van der Waals surface area contributed by atoms with Crippen molar-refractivity contribution >= 4 is 23.7 Å². The Morgan fingerprint density at radius 3 is 2.53 bits per heavy atom. The summed E-state index contributed by atoms with van der Waals surface area (Å²) in [5.41, 5.74) is 0.938. The van der Waals surface area contributed by atoms with Crippen LogP contribution in [0.25, 0.3) is 6.08 Å². The van der Waals surface area contributed by atoms with Crippen molar-refractivity contribution in [3.8, 4) is 5.75 Å². The van der Waals surface area contributed by atoms with Crippen LogP contribution < -0.4 is 4.74 Å². The van der Waals surface area contributed by atoms with Gasteiger partial charge < -0.3 is 29.2 Å². The fraction of sp³-hybridized carbons (Fsp3) is 0.500. The number of carbonyl (C=O) groups excluding carboxylic acids is 2. The van der Waals surface area contributed by atoms with E-state index in [0.717, 1.165) is 30.6 Å². The highest BCUT2D eigenvalue weighted by Gasteiger charge is 2.42. The molecule has 2 aromatic rings. The predicted octanol–water partition coefficient (Wildman–Crippen LogP) is 3.44. The van der Waals surface area contributed by atoms with Gasteiger partial charge in [0.2, 0.25) is 17.6 Å². The Labute approximate surface area is 210 Å². The maximum Gasteiger partial charge on any atom is 0.381 e. The molecule has 0 N–H and O–H groups in total. The molecule has 4 rings (SSSR count). The van der Waals surface area contributed by atoms with Crippen molar-refractivity contribution in [3.05, 3.63) is 58.0 Å². The number of amides is 2. The van der Waals surface area contributed by atoms with Gasteiger partial charge in [0.05, 0.1) is 6.61 Å².